The van der Waals surface area contributed by atoms with E-state index in [1.54, 1.807) is 23.5 Å². The first-order valence-electron chi connectivity index (χ1n) is 7.97. The number of aromatic nitrogens is 1. The predicted octanol–water partition coefficient (Wildman–Crippen LogP) is 4.68. The third kappa shape index (κ3) is 3.51. The summed E-state index contributed by atoms with van der Waals surface area (Å²) in [6, 6.07) is 15.9. The maximum Gasteiger partial charge on any atom is 0.257 e. The molecule has 0 bridgehead atoms. The van der Waals surface area contributed by atoms with Gasteiger partial charge in [-0.2, -0.15) is 0 Å². The summed E-state index contributed by atoms with van der Waals surface area (Å²) in [5.41, 5.74) is 1.86. The molecule has 1 amide bonds. The van der Waals surface area contributed by atoms with Crippen molar-refractivity contribution in [2.24, 2.45) is 0 Å². The van der Waals surface area contributed by atoms with E-state index in [-0.39, 0.29) is 10.5 Å². The molecule has 0 atom stereocenters. The number of benzene rings is 2. The monoisotopic (exact) mass is 414 g/mol. The number of fused-ring (bicyclic) bond motifs is 1. The normalized spacial score (nSPS) is 11.6. The zero-order valence-electron chi connectivity index (χ0n) is 14.2. The highest BCUT2D eigenvalue weighted by Crippen LogP contribution is 2.38. The minimum atomic E-state index is -3.50. The lowest BCUT2D eigenvalue weighted by molar-refractivity contribution is 0.102. The van der Waals surface area contributed by atoms with E-state index in [0.29, 0.717) is 5.00 Å². The van der Waals surface area contributed by atoms with Crippen LogP contribution in [-0.4, -0.2) is 25.6 Å². The predicted molar refractivity (Wildman–Crippen MR) is 110 cm³/mol. The van der Waals surface area contributed by atoms with Gasteiger partial charge >= 0.3 is 0 Å². The van der Waals surface area contributed by atoms with Crippen LogP contribution in [0.4, 0.5) is 5.00 Å². The van der Waals surface area contributed by atoms with Crippen LogP contribution < -0.4 is 5.32 Å². The highest BCUT2D eigenvalue weighted by molar-refractivity contribution is 7.90. The average Bonchev–Trinajstić information content (AvgIpc) is 3.27. The first kappa shape index (κ1) is 17.8. The Kier molecular flexibility index (Phi) is 4.55. The van der Waals surface area contributed by atoms with Crippen LogP contribution in [0.25, 0.3) is 20.8 Å². The van der Waals surface area contributed by atoms with Gasteiger partial charge in [0.1, 0.15) is 10.0 Å². The van der Waals surface area contributed by atoms with Crippen molar-refractivity contribution in [2.45, 2.75) is 4.90 Å². The second kappa shape index (κ2) is 6.88. The number of nitrogens with zero attached hydrogens (tertiary/aromatic N) is 1. The van der Waals surface area contributed by atoms with Gasteiger partial charge in [-0.1, -0.05) is 24.3 Å². The van der Waals surface area contributed by atoms with Crippen molar-refractivity contribution >= 4 is 53.6 Å². The van der Waals surface area contributed by atoms with Gasteiger partial charge in [0, 0.05) is 11.8 Å². The Balaban J connectivity index is 1.69. The second-order valence-electron chi connectivity index (χ2n) is 5.87. The fourth-order valence-electron chi connectivity index (χ4n) is 2.71. The standard InChI is InChI=1S/C19H14N2O3S3/c1-27(23,24)16-9-5-2-6-12(16)17(22)21-18-13(10-11-25-18)19-20-14-7-3-4-8-15(14)26-19/h2-11H,1H3,(H,21,22). The van der Waals surface area contributed by atoms with E-state index in [4.69, 9.17) is 0 Å². The van der Waals surface area contributed by atoms with E-state index in [9.17, 15) is 13.2 Å². The summed E-state index contributed by atoms with van der Waals surface area (Å²) < 4.78 is 25.0. The fourth-order valence-corrected chi connectivity index (χ4v) is 5.44. The molecule has 0 radical (unpaired) electrons. The molecule has 0 saturated heterocycles. The molecule has 0 fully saturated rings. The summed E-state index contributed by atoms with van der Waals surface area (Å²) in [5.74, 6) is -0.458. The number of nitrogens with one attached hydrogen (secondary N) is 1. The number of hydrogen-bond donors (Lipinski definition) is 1. The fraction of sp³-hybridized carbons (Fsp3) is 0.0526. The smallest absolute Gasteiger partial charge is 0.257 e. The van der Waals surface area contributed by atoms with Crippen LogP contribution in [0.15, 0.2) is 64.9 Å². The Morgan fingerprint density at radius 1 is 1.04 bits per heavy atom. The van der Waals surface area contributed by atoms with E-state index in [0.717, 1.165) is 27.0 Å². The largest absolute Gasteiger partial charge is 0.313 e. The quantitative estimate of drug-likeness (QED) is 0.526. The van der Waals surface area contributed by atoms with E-state index >= 15 is 0 Å². The molecule has 0 spiro atoms. The molecule has 8 heteroatoms. The molecule has 2 aromatic heterocycles. The first-order chi connectivity index (χ1) is 12.9. The van der Waals surface area contributed by atoms with Gasteiger partial charge in [-0.05, 0) is 35.7 Å². The molecule has 1 N–H and O–H groups in total. The number of thiazole rings is 1. The highest BCUT2D eigenvalue weighted by atomic mass is 32.2. The number of amides is 1. The summed E-state index contributed by atoms with van der Waals surface area (Å²) in [5, 5.41) is 6.17. The van der Waals surface area contributed by atoms with Gasteiger partial charge in [-0.25, -0.2) is 13.4 Å². The van der Waals surface area contributed by atoms with E-state index < -0.39 is 15.7 Å². The SMILES string of the molecule is CS(=O)(=O)c1ccccc1C(=O)Nc1sccc1-c1nc2ccccc2s1. The molecular weight excluding hydrogens is 400 g/mol. The molecule has 2 aromatic carbocycles. The Bertz CT molecular complexity index is 1220. The lowest BCUT2D eigenvalue weighted by atomic mass is 10.2. The van der Waals surface area contributed by atoms with Crippen molar-refractivity contribution in [3.05, 3.63) is 65.5 Å². The minimum Gasteiger partial charge on any atom is -0.313 e. The Morgan fingerprint density at radius 3 is 2.56 bits per heavy atom. The van der Waals surface area contributed by atoms with Crippen LogP contribution in [0, 0.1) is 0 Å². The molecule has 0 unspecified atom stereocenters. The van der Waals surface area contributed by atoms with Crippen molar-refractivity contribution in [2.75, 3.05) is 11.6 Å². The van der Waals surface area contributed by atoms with Crippen LogP contribution in [0.3, 0.4) is 0 Å². The van der Waals surface area contributed by atoms with Gasteiger partial charge in [0.2, 0.25) is 0 Å². The van der Waals surface area contributed by atoms with Gasteiger partial charge in [0.05, 0.1) is 20.7 Å². The van der Waals surface area contributed by atoms with Crippen molar-refractivity contribution in [3.63, 3.8) is 0 Å². The number of rotatable bonds is 4. The second-order valence-corrected chi connectivity index (χ2v) is 9.80. The zero-order chi connectivity index (χ0) is 19.0. The topological polar surface area (TPSA) is 76.1 Å². The molecule has 0 aliphatic carbocycles. The number of carbonyl (C=O) groups excluding carboxylic acids is 1. The average molecular weight is 415 g/mol. The summed E-state index contributed by atoms with van der Waals surface area (Å²) in [6.45, 7) is 0. The van der Waals surface area contributed by atoms with E-state index in [1.165, 1.54) is 23.5 Å². The Hall–Kier alpha value is -2.55. The van der Waals surface area contributed by atoms with Crippen LogP contribution >= 0.6 is 22.7 Å². The van der Waals surface area contributed by atoms with Gasteiger partial charge in [-0.15, -0.1) is 22.7 Å². The number of sulfone groups is 1. The summed E-state index contributed by atoms with van der Waals surface area (Å²) in [6.07, 6.45) is 1.09. The highest BCUT2D eigenvalue weighted by Gasteiger charge is 2.20. The summed E-state index contributed by atoms with van der Waals surface area (Å²) in [7, 11) is -3.50. The number of thiophene rings is 1. The molecule has 4 aromatic rings. The summed E-state index contributed by atoms with van der Waals surface area (Å²) >= 11 is 2.92. The maximum absolute atomic E-state index is 12.7. The molecule has 2 heterocycles. The number of carbonyl (C=O) groups is 1. The van der Waals surface area contributed by atoms with Crippen molar-refractivity contribution in [3.8, 4) is 10.6 Å². The van der Waals surface area contributed by atoms with Crippen molar-refractivity contribution in [1.29, 1.82) is 0 Å². The maximum atomic E-state index is 12.7. The van der Waals surface area contributed by atoms with Gasteiger partial charge in [-0.3, -0.25) is 4.79 Å². The van der Waals surface area contributed by atoms with Crippen LogP contribution in [-0.2, 0) is 9.84 Å². The Morgan fingerprint density at radius 2 is 1.78 bits per heavy atom. The van der Waals surface area contributed by atoms with E-state index in [1.807, 2.05) is 35.7 Å². The van der Waals surface area contributed by atoms with Gasteiger partial charge in [0.15, 0.2) is 9.84 Å². The molecule has 136 valence electrons. The molecule has 4 rings (SSSR count). The van der Waals surface area contributed by atoms with Crippen molar-refractivity contribution in [1.82, 2.24) is 4.98 Å². The number of anilines is 1. The molecular formula is C19H14N2O3S3. The van der Waals surface area contributed by atoms with Crippen LogP contribution in [0.2, 0.25) is 0 Å². The summed E-state index contributed by atoms with van der Waals surface area (Å²) in [4.78, 5) is 17.4. The molecule has 0 aliphatic heterocycles. The third-order valence-corrected chi connectivity index (χ3v) is 7.00. The van der Waals surface area contributed by atoms with Gasteiger partial charge < -0.3 is 5.32 Å². The van der Waals surface area contributed by atoms with Crippen LogP contribution in [0.5, 0.6) is 0 Å². The molecule has 5 nitrogen and oxygen atoms in total. The minimum absolute atomic E-state index is 0.0144. The molecule has 27 heavy (non-hydrogen) atoms. The van der Waals surface area contributed by atoms with E-state index in [2.05, 4.69) is 10.3 Å². The first-order valence-corrected chi connectivity index (χ1v) is 11.6. The molecule has 0 saturated carbocycles. The third-order valence-electron chi connectivity index (χ3n) is 3.95. The van der Waals surface area contributed by atoms with Crippen molar-refractivity contribution < 1.29 is 13.2 Å². The zero-order valence-corrected chi connectivity index (χ0v) is 16.6. The molecule has 0 aliphatic rings. The van der Waals surface area contributed by atoms with Gasteiger partial charge in [0.25, 0.3) is 5.91 Å². The number of para-hydroxylation sites is 1. The lowest BCUT2D eigenvalue weighted by Gasteiger charge is -2.08. The lowest BCUT2D eigenvalue weighted by Crippen LogP contribution is -2.15. The number of hydrogen-bond acceptors (Lipinski definition) is 6. The van der Waals surface area contributed by atoms with Crippen LogP contribution in [0.1, 0.15) is 10.4 Å². The Labute approximate surface area is 164 Å².